The molecular formula is C26H36ClN3O4S. The third-order valence-electron chi connectivity index (χ3n) is 5.61. The van der Waals surface area contributed by atoms with Crippen molar-refractivity contribution in [2.75, 3.05) is 17.1 Å². The molecule has 0 saturated heterocycles. The quantitative estimate of drug-likeness (QED) is 0.528. The van der Waals surface area contributed by atoms with E-state index in [9.17, 15) is 18.0 Å². The Balaban J connectivity index is 2.52. The van der Waals surface area contributed by atoms with Gasteiger partial charge in [-0.1, -0.05) is 48.9 Å². The van der Waals surface area contributed by atoms with Crippen molar-refractivity contribution in [3.63, 3.8) is 0 Å². The van der Waals surface area contributed by atoms with Crippen molar-refractivity contribution >= 4 is 39.1 Å². The zero-order valence-electron chi connectivity index (χ0n) is 21.6. The fourth-order valence-electron chi connectivity index (χ4n) is 3.79. The second-order valence-electron chi connectivity index (χ2n) is 9.81. The van der Waals surface area contributed by atoms with Crippen molar-refractivity contribution in [2.24, 2.45) is 0 Å². The third-order valence-corrected chi connectivity index (χ3v) is 6.97. The maximum atomic E-state index is 13.8. The van der Waals surface area contributed by atoms with Gasteiger partial charge in [0.15, 0.2) is 0 Å². The summed E-state index contributed by atoms with van der Waals surface area (Å²) in [5.41, 5.74) is 2.36. The van der Waals surface area contributed by atoms with Gasteiger partial charge in [-0.3, -0.25) is 13.9 Å². The van der Waals surface area contributed by atoms with Gasteiger partial charge < -0.3 is 10.2 Å². The summed E-state index contributed by atoms with van der Waals surface area (Å²) in [4.78, 5) is 28.4. The highest BCUT2D eigenvalue weighted by Gasteiger charge is 2.33. The van der Waals surface area contributed by atoms with Crippen LogP contribution in [0.3, 0.4) is 0 Å². The van der Waals surface area contributed by atoms with Gasteiger partial charge in [-0.2, -0.15) is 0 Å². The molecule has 2 rings (SSSR count). The number of aryl methyl sites for hydroxylation is 2. The molecule has 7 nitrogen and oxygen atoms in total. The van der Waals surface area contributed by atoms with E-state index in [-0.39, 0.29) is 12.5 Å². The number of halogens is 1. The van der Waals surface area contributed by atoms with Gasteiger partial charge in [0.1, 0.15) is 12.6 Å². The Hall–Kier alpha value is -2.58. The minimum absolute atomic E-state index is 0.174. The summed E-state index contributed by atoms with van der Waals surface area (Å²) in [5, 5.41) is 3.32. The van der Waals surface area contributed by atoms with E-state index in [1.54, 1.807) is 19.1 Å². The molecule has 0 heterocycles. The van der Waals surface area contributed by atoms with Crippen molar-refractivity contribution in [2.45, 2.75) is 66.1 Å². The van der Waals surface area contributed by atoms with Crippen molar-refractivity contribution < 1.29 is 18.0 Å². The standard InChI is InChI=1S/C26H36ClN3O4S/c1-8-22(25(32)28-26(4,5)6)29(16-20-12-10-9-11-18(20)2)24(31)17-30(35(7,33)34)23-15-21(27)14-13-19(23)3/h9-15,22H,8,16-17H2,1-7H3,(H,28,32)/t22-/m1/s1. The molecule has 1 atom stereocenters. The Labute approximate surface area is 214 Å². The lowest BCUT2D eigenvalue weighted by molar-refractivity contribution is -0.141. The van der Waals surface area contributed by atoms with Gasteiger partial charge >= 0.3 is 0 Å². The van der Waals surface area contributed by atoms with E-state index in [2.05, 4.69) is 5.32 Å². The Kier molecular flexibility index (Phi) is 9.36. The number of anilines is 1. The summed E-state index contributed by atoms with van der Waals surface area (Å²) < 4.78 is 26.6. The normalized spacial score (nSPS) is 12.7. The third kappa shape index (κ3) is 7.97. The molecule has 2 aromatic rings. The van der Waals surface area contributed by atoms with Crippen molar-refractivity contribution in [1.29, 1.82) is 0 Å². The molecule has 0 fully saturated rings. The van der Waals surface area contributed by atoms with Crippen LogP contribution in [0.25, 0.3) is 0 Å². The molecule has 0 aromatic heterocycles. The first-order valence-electron chi connectivity index (χ1n) is 11.5. The first kappa shape index (κ1) is 28.7. The number of sulfonamides is 1. The molecule has 192 valence electrons. The van der Waals surface area contributed by atoms with Gasteiger partial charge in [-0.25, -0.2) is 8.42 Å². The molecule has 9 heteroatoms. The molecule has 0 aliphatic carbocycles. The number of hydrogen-bond acceptors (Lipinski definition) is 4. The summed E-state index contributed by atoms with van der Waals surface area (Å²) in [7, 11) is -3.82. The number of carbonyl (C=O) groups excluding carboxylic acids is 2. The molecule has 0 radical (unpaired) electrons. The summed E-state index contributed by atoms with van der Waals surface area (Å²) in [5.74, 6) is -0.763. The molecule has 0 aliphatic rings. The predicted molar refractivity (Wildman–Crippen MR) is 142 cm³/mol. The minimum atomic E-state index is -3.82. The smallest absolute Gasteiger partial charge is 0.244 e. The Morgan fingerprint density at radius 3 is 2.23 bits per heavy atom. The summed E-state index contributed by atoms with van der Waals surface area (Å²) in [6, 6.07) is 11.7. The topological polar surface area (TPSA) is 86.8 Å². The lowest BCUT2D eigenvalue weighted by Crippen LogP contribution is -2.55. The fourth-order valence-corrected chi connectivity index (χ4v) is 4.85. The predicted octanol–water partition coefficient (Wildman–Crippen LogP) is 4.44. The molecule has 0 unspecified atom stereocenters. The maximum Gasteiger partial charge on any atom is 0.244 e. The van der Waals surface area contributed by atoms with Crippen LogP contribution in [0.15, 0.2) is 42.5 Å². The molecule has 35 heavy (non-hydrogen) atoms. The van der Waals surface area contributed by atoms with Crippen molar-refractivity contribution in [1.82, 2.24) is 10.2 Å². The minimum Gasteiger partial charge on any atom is -0.350 e. The van der Waals surface area contributed by atoms with E-state index in [1.165, 1.54) is 11.0 Å². The fraction of sp³-hybridized carbons (Fsp3) is 0.462. The second-order valence-corrected chi connectivity index (χ2v) is 12.2. The van der Waals surface area contributed by atoms with E-state index in [1.807, 2.05) is 58.9 Å². The van der Waals surface area contributed by atoms with Crippen LogP contribution in [0.2, 0.25) is 5.02 Å². The Morgan fingerprint density at radius 1 is 1.06 bits per heavy atom. The highest BCUT2D eigenvalue weighted by Crippen LogP contribution is 2.27. The SMILES string of the molecule is CC[C@H](C(=O)NC(C)(C)C)N(Cc1ccccc1C)C(=O)CN(c1cc(Cl)ccc1C)S(C)(=O)=O. The number of amides is 2. The van der Waals surface area contributed by atoms with Crippen LogP contribution in [0, 0.1) is 13.8 Å². The summed E-state index contributed by atoms with van der Waals surface area (Å²) in [6.07, 6.45) is 1.42. The number of benzene rings is 2. The maximum absolute atomic E-state index is 13.8. The molecule has 0 aliphatic heterocycles. The monoisotopic (exact) mass is 521 g/mol. The number of carbonyl (C=O) groups is 2. The Bertz CT molecular complexity index is 1180. The van der Waals surface area contributed by atoms with Crippen LogP contribution in [-0.4, -0.2) is 49.5 Å². The Morgan fingerprint density at radius 2 is 1.69 bits per heavy atom. The molecule has 2 amide bonds. The van der Waals surface area contributed by atoms with Gasteiger partial charge in [0.25, 0.3) is 0 Å². The highest BCUT2D eigenvalue weighted by molar-refractivity contribution is 7.92. The van der Waals surface area contributed by atoms with Crippen molar-refractivity contribution in [3.8, 4) is 0 Å². The van der Waals surface area contributed by atoms with Gasteiger partial charge in [0.05, 0.1) is 11.9 Å². The summed E-state index contributed by atoms with van der Waals surface area (Å²) >= 11 is 6.14. The summed E-state index contributed by atoms with van der Waals surface area (Å²) in [6.45, 7) is 10.9. The van der Waals surface area contributed by atoms with Crippen LogP contribution in [0.4, 0.5) is 5.69 Å². The zero-order valence-corrected chi connectivity index (χ0v) is 23.1. The first-order valence-corrected chi connectivity index (χ1v) is 13.8. The number of rotatable bonds is 9. The van der Waals surface area contributed by atoms with Crippen LogP contribution in [0.1, 0.15) is 50.8 Å². The van der Waals surface area contributed by atoms with Crippen molar-refractivity contribution in [3.05, 3.63) is 64.2 Å². The molecule has 0 saturated carbocycles. The lowest BCUT2D eigenvalue weighted by Gasteiger charge is -2.35. The van der Waals surface area contributed by atoms with Crippen LogP contribution in [0.5, 0.6) is 0 Å². The average Bonchev–Trinajstić information content (AvgIpc) is 2.73. The van der Waals surface area contributed by atoms with E-state index in [0.717, 1.165) is 21.7 Å². The molecule has 0 spiro atoms. The van der Waals surface area contributed by atoms with Crippen LogP contribution in [-0.2, 0) is 26.2 Å². The van der Waals surface area contributed by atoms with E-state index in [0.29, 0.717) is 22.7 Å². The van der Waals surface area contributed by atoms with Gasteiger partial charge in [-0.05, 0) is 69.9 Å². The van der Waals surface area contributed by atoms with E-state index in [4.69, 9.17) is 11.6 Å². The lowest BCUT2D eigenvalue weighted by atomic mass is 10.0. The second kappa shape index (κ2) is 11.4. The van der Waals surface area contributed by atoms with Crippen LogP contribution < -0.4 is 9.62 Å². The van der Waals surface area contributed by atoms with Gasteiger partial charge in [0, 0.05) is 17.1 Å². The van der Waals surface area contributed by atoms with Crippen LogP contribution >= 0.6 is 11.6 Å². The number of hydrogen-bond donors (Lipinski definition) is 1. The first-order chi connectivity index (χ1) is 16.1. The molecule has 2 aromatic carbocycles. The largest absolute Gasteiger partial charge is 0.350 e. The highest BCUT2D eigenvalue weighted by atomic mass is 35.5. The zero-order chi connectivity index (χ0) is 26.6. The molecule has 0 bridgehead atoms. The van der Waals surface area contributed by atoms with E-state index >= 15 is 0 Å². The molecule has 1 N–H and O–H groups in total. The average molecular weight is 522 g/mol. The molecular weight excluding hydrogens is 486 g/mol. The number of nitrogens with zero attached hydrogens (tertiary/aromatic N) is 2. The number of nitrogens with one attached hydrogen (secondary N) is 1. The van der Waals surface area contributed by atoms with E-state index < -0.39 is 34.1 Å². The van der Waals surface area contributed by atoms with Gasteiger partial charge in [0.2, 0.25) is 21.8 Å². The van der Waals surface area contributed by atoms with Gasteiger partial charge in [-0.15, -0.1) is 0 Å².